The SMILES string of the molecule is O=C(OCCCOc1c(Cl)cc(OCC=C(Cl)Cl)cc1Cl)c1ccc(OCC(F)(F)F)cc1. The number of carbonyl (C=O) groups is 1. The molecule has 33 heavy (non-hydrogen) atoms. The molecule has 0 saturated carbocycles. The van der Waals surface area contributed by atoms with E-state index in [1.807, 2.05) is 0 Å². The maximum Gasteiger partial charge on any atom is 0.422 e. The lowest BCUT2D eigenvalue weighted by Crippen LogP contribution is -2.19. The predicted molar refractivity (Wildman–Crippen MR) is 120 cm³/mol. The lowest BCUT2D eigenvalue weighted by atomic mass is 10.2. The van der Waals surface area contributed by atoms with Crippen LogP contribution in [0, 0.1) is 0 Å². The summed E-state index contributed by atoms with van der Waals surface area (Å²) in [6.45, 7) is -1.10. The van der Waals surface area contributed by atoms with Gasteiger partial charge < -0.3 is 18.9 Å². The summed E-state index contributed by atoms with van der Waals surface area (Å²) >= 11 is 23.3. The van der Waals surface area contributed by atoms with Crippen molar-refractivity contribution in [2.24, 2.45) is 0 Å². The Labute approximate surface area is 207 Å². The topological polar surface area (TPSA) is 54.0 Å². The van der Waals surface area contributed by atoms with E-state index in [0.717, 1.165) is 0 Å². The smallest absolute Gasteiger partial charge is 0.422 e. The van der Waals surface area contributed by atoms with Gasteiger partial charge in [0.05, 0.1) is 28.8 Å². The third-order valence-corrected chi connectivity index (χ3v) is 4.59. The Hall–Kier alpha value is -2.00. The van der Waals surface area contributed by atoms with E-state index in [9.17, 15) is 18.0 Å². The maximum absolute atomic E-state index is 12.2. The molecule has 0 N–H and O–H groups in total. The molecule has 0 heterocycles. The number of rotatable bonds is 11. The fraction of sp³-hybridized carbons (Fsp3) is 0.286. The van der Waals surface area contributed by atoms with E-state index in [-0.39, 0.29) is 51.4 Å². The Kier molecular flexibility index (Phi) is 10.8. The van der Waals surface area contributed by atoms with Gasteiger partial charge in [-0.05, 0) is 30.3 Å². The van der Waals surface area contributed by atoms with Crippen molar-refractivity contribution in [2.75, 3.05) is 26.4 Å². The minimum Gasteiger partial charge on any atom is -0.490 e. The monoisotopic (exact) mass is 546 g/mol. The van der Waals surface area contributed by atoms with Gasteiger partial charge >= 0.3 is 12.1 Å². The van der Waals surface area contributed by atoms with Gasteiger partial charge in [0.15, 0.2) is 12.4 Å². The van der Waals surface area contributed by atoms with Crippen LogP contribution in [0.4, 0.5) is 13.2 Å². The number of hydrogen-bond acceptors (Lipinski definition) is 5. The molecule has 12 heteroatoms. The Morgan fingerprint density at radius 1 is 0.909 bits per heavy atom. The Morgan fingerprint density at radius 2 is 1.55 bits per heavy atom. The van der Waals surface area contributed by atoms with Crippen molar-refractivity contribution in [3.05, 3.63) is 62.6 Å². The lowest BCUT2D eigenvalue weighted by molar-refractivity contribution is -0.153. The van der Waals surface area contributed by atoms with E-state index in [4.69, 9.17) is 60.6 Å². The van der Waals surface area contributed by atoms with Crippen LogP contribution >= 0.6 is 46.4 Å². The molecular formula is C21H17Cl4F3O5. The summed E-state index contributed by atoms with van der Waals surface area (Å²) in [6.07, 6.45) is -2.66. The van der Waals surface area contributed by atoms with Gasteiger partial charge in [-0.15, -0.1) is 0 Å². The minimum absolute atomic E-state index is 0.0123. The molecule has 0 aliphatic heterocycles. The average Bonchev–Trinajstić information content (AvgIpc) is 2.73. The third kappa shape index (κ3) is 10.2. The number of carbonyl (C=O) groups excluding carboxylic acids is 1. The molecule has 0 aliphatic carbocycles. The molecule has 0 unspecified atom stereocenters. The largest absolute Gasteiger partial charge is 0.490 e. The van der Waals surface area contributed by atoms with Crippen LogP contribution in [-0.2, 0) is 4.74 Å². The summed E-state index contributed by atoms with van der Waals surface area (Å²) in [5.74, 6) is -0.00731. The second-order valence-corrected chi connectivity index (χ2v) is 8.11. The Balaban J connectivity index is 1.75. The highest BCUT2D eigenvalue weighted by Gasteiger charge is 2.28. The first-order chi connectivity index (χ1) is 15.5. The number of halogens is 7. The molecule has 2 aromatic rings. The lowest BCUT2D eigenvalue weighted by Gasteiger charge is -2.12. The van der Waals surface area contributed by atoms with E-state index >= 15 is 0 Å². The Morgan fingerprint density at radius 3 is 2.12 bits per heavy atom. The predicted octanol–water partition coefficient (Wildman–Crippen LogP) is 7.26. The molecule has 0 atom stereocenters. The third-order valence-electron chi connectivity index (χ3n) is 3.72. The van der Waals surface area contributed by atoms with E-state index in [0.29, 0.717) is 12.2 Å². The van der Waals surface area contributed by atoms with Gasteiger partial charge in [0.1, 0.15) is 22.6 Å². The molecular weight excluding hydrogens is 531 g/mol. The Bertz CT molecular complexity index is 938. The highest BCUT2D eigenvalue weighted by molar-refractivity contribution is 6.55. The van der Waals surface area contributed by atoms with Crippen LogP contribution < -0.4 is 14.2 Å². The molecule has 2 rings (SSSR count). The molecule has 2 aromatic carbocycles. The molecule has 0 fully saturated rings. The van der Waals surface area contributed by atoms with Crippen LogP contribution in [0.2, 0.25) is 10.0 Å². The zero-order valence-electron chi connectivity index (χ0n) is 16.8. The van der Waals surface area contributed by atoms with Crippen molar-refractivity contribution < 1.29 is 36.9 Å². The van der Waals surface area contributed by atoms with Crippen LogP contribution in [0.3, 0.4) is 0 Å². The second kappa shape index (κ2) is 13.0. The molecule has 5 nitrogen and oxygen atoms in total. The van der Waals surface area contributed by atoms with E-state index < -0.39 is 18.8 Å². The van der Waals surface area contributed by atoms with Crippen molar-refractivity contribution in [2.45, 2.75) is 12.6 Å². The van der Waals surface area contributed by atoms with Gasteiger partial charge in [-0.25, -0.2) is 4.79 Å². The molecule has 0 bridgehead atoms. The number of ether oxygens (including phenoxy) is 4. The van der Waals surface area contributed by atoms with Crippen LogP contribution in [0.1, 0.15) is 16.8 Å². The molecule has 0 radical (unpaired) electrons. The van der Waals surface area contributed by atoms with E-state index in [2.05, 4.69) is 4.74 Å². The standard InChI is InChI=1S/C21H17Cl4F3O5/c22-16-10-15(30-9-6-18(24)25)11-17(23)19(16)31-7-1-8-32-20(29)13-2-4-14(5-3-13)33-12-21(26,27)28/h2-6,10-11H,1,7-9,12H2. The quantitative estimate of drug-likeness (QED) is 0.219. The van der Waals surface area contributed by atoms with Gasteiger partial charge in [0.2, 0.25) is 0 Å². The highest BCUT2D eigenvalue weighted by Crippen LogP contribution is 2.37. The molecule has 180 valence electrons. The van der Waals surface area contributed by atoms with Gasteiger partial charge in [-0.3, -0.25) is 0 Å². The van der Waals surface area contributed by atoms with E-state index in [1.54, 1.807) is 0 Å². The van der Waals surface area contributed by atoms with Crippen molar-refractivity contribution in [1.82, 2.24) is 0 Å². The second-order valence-electron chi connectivity index (χ2n) is 6.29. The first-order valence-corrected chi connectivity index (χ1v) is 10.8. The fourth-order valence-corrected chi connectivity index (χ4v) is 2.99. The number of alkyl halides is 3. The van der Waals surface area contributed by atoms with Crippen molar-refractivity contribution in [1.29, 1.82) is 0 Å². The minimum atomic E-state index is -4.44. The summed E-state index contributed by atoms with van der Waals surface area (Å²) in [6, 6.07) is 8.16. The fourth-order valence-electron chi connectivity index (χ4n) is 2.29. The summed E-state index contributed by atoms with van der Waals surface area (Å²) in [4.78, 5) is 12.0. The summed E-state index contributed by atoms with van der Waals surface area (Å²) in [7, 11) is 0. The van der Waals surface area contributed by atoms with Crippen LogP contribution in [0.15, 0.2) is 47.0 Å². The van der Waals surface area contributed by atoms with Crippen LogP contribution in [-0.4, -0.2) is 38.6 Å². The van der Waals surface area contributed by atoms with Crippen molar-refractivity contribution in [3.8, 4) is 17.2 Å². The van der Waals surface area contributed by atoms with E-state index in [1.165, 1.54) is 42.5 Å². The first kappa shape index (κ1) is 27.2. The molecule has 0 spiro atoms. The van der Waals surface area contributed by atoms with Gasteiger partial charge in [0, 0.05) is 18.6 Å². The van der Waals surface area contributed by atoms with Crippen molar-refractivity contribution in [3.63, 3.8) is 0 Å². The molecule has 0 saturated heterocycles. The van der Waals surface area contributed by atoms with Crippen LogP contribution in [0.5, 0.6) is 17.2 Å². The average molecular weight is 548 g/mol. The normalized spacial score (nSPS) is 11.0. The van der Waals surface area contributed by atoms with Gasteiger partial charge in [0.25, 0.3) is 0 Å². The highest BCUT2D eigenvalue weighted by atomic mass is 35.5. The first-order valence-electron chi connectivity index (χ1n) is 9.27. The molecule has 0 aliphatic rings. The maximum atomic E-state index is 12.2. The van der Waals surface area contributed by atoms with Gasteiger partial charge in [-0.1, -0.05) is 46.4 Å². The number of benzene rings is 2. The number of esters is 1. The summed E-state index contributed by atoms with van der Waals surface area (Å²) in [5.41, 5.74) is 0.169. The van der Waals surface area contributed by atoms with Crippen LogP contribution in [0.25, 0.3) is 0 Å². The number of hydrogen-bond donors (Lipinski definition) is 0. The molecule has 0 aromatic heterocycles. The zero-order valence-corrected chi connectivity index (χ0v) is 19.8. The van der Waals surface area contributed by atoms with Gasteiger partial charge in [-0.2, -0.15) is 13.2 Å². The molecule has 0 amide bonds. The summed E-state index contributed by atoms with van der Waals surface area (Å²) < 4.78 is 57.2. The summed E-state index contributed by atoms with van der Waals surface area (Å²) in [5, 5.41) is 0.451. The zero-order chi connectivity index (χ0) is 24.4. The van der Waals surface area contributed by atoms with Crippen molar-refractivity contribution >= 4 is 52.4 Å².